The Labute approximate surface area is 143 Å². The molecule has 1 unspecified atom stereocenters. The quantitative estimate of drug-likeness (QED) is 0.832. The van der Waals surface area contributed by atoms with Crippen LogP contribution in [0.1, 0.15) is 37.3 Å². The van der Waals surface area contributed by atoms with Gasteiger partial charge in [-0.1, -0.05) is 12.1 Å². The molecule has 1 aliphatic heterocycles. The lowest BCUT2D eigenvalue weighted by atomic mass is 10.0. The third-order valence-corrected chi connectivity index (χ3v) is 4.53. The second-order valence-electron chi connectivity index (χ2n) is 6.16. The zero-order valence-electron chi connectivity index (χ0n) is 13.4. The van der Waals surface area contributed by atoms with Crippen molar-refractivity contribution in [1.82, 2.24) is 5.32 Å². The van der Waals surface area contributed by atoms with Crippen molar-refractivity contribution in [3.8, 4) is 5.75 Å². The maximum Gasteiger partial charge on any atom is 0.249 e. The number of nitrogens with two attached hydrogens (primary N) is 1. The zero-order chi connectivity index (χ0) is 15.5. The van der Waals surface area contributed by atoms with Gasteiger partial charge in [0.2, 0.25) is 5.91 Å². The first kappa shape index (κ1) is 18.0. The van der Waals surface area contributed by atoms with Crippen LogP contribution in [0.3, 0.4) is 0 Å². The van der Waals surface area contributed by atoms with Crippen LogP contribution in [0.2, 0.25) is 0 Å². The Hall–Kier alpha value is -1.30. The normalized spacial score (nSPS) is 24.6. The standard InChI is InChI=1S/C17H24N2O3.ClH/c1-21-13-6-4-12(5-7-13)16(11-2-3-11)19-17(20)15-9-8-14(10-18)22-15;/h4-7,11,14-16H,2-3,8-10,18H2,1H3,(H,19,20);1H/t14-,15+,16?;/m1./s1. The average Bonchev–Trinajstić information content (AvgIpc) is 3.28. The lowest BCUT2D eigenvalue weighted by Gasteiger charge is -2.21. The molecule has 3 atom stereocenters. The van der Waals surface area contributed by atoms with E-state index in [1.54, 1.807) is 7.11 Å². The van der Waals surface area contributed by atoms with Crippen LogP contribution in [0.4, 0.5) is 0 Å². The van der Waals surface area contributed by atoms with Crippen molar-refractivity contribution < 1.29 is 14.3 Å². The summed E-state index contributed by atoms with van der Waals surface area (Å²) in [5, 5.41) is 3.17. The predicted molar refractivity (Wildman–Crippen MR) is 90.8 cm³/mol. The molecule has 1 aromatic rings. The second-order valence-corrected chi connectivity index (χ2v) is 6.16. The number of carbonyl (C=O) groups is 1. The summed E-state index contributed by atoms with van der Waals surface area (Å²) in [6, 6.07) is 8.00. The Kier molecular flexibility index (Phi) is 6.27. The van der Waals surface area contributed by atoms with E-state index in [0.29, 0.717) is 12.5 Å². The summed E-state index contributed by atoms with van der Waals surface area (Å²) in [5.74, 6) is 1.35. The number of carbonyl (C=O) groups excluding carboxylic acids is 1. The van der Waals surface area contributed by atoms with E-state index in [-0.39, 0.29) is 36.6 Å². The molecule has 5 nitrogen and oxygen atoms in total. The largest absolute Gasteiger partial charge is 0.497 e. The number of benzene rings is 1. The second kappa shape index (κ2) is 7.99. The molecular weight excluding hydrogens is 316 g/mol. The van der Waals surface area contributed by atoms with Crippen molar-refractivity contribution in [2.75, 3.05) is 13.7 Å². The van der Waals surface area contributed by atoms with E-state index in [2.05, 4.69) is 5.32 Å². The minimum atomic E-state index is -0.354. The summed E-state index contributed by atoms with van der Waals surface area (Å²) < 4.78 is 10.9. The lowest BCUT2D eigenvalue weighted by Crippen LogP contribution is -2.38. The summed E-state index contributed by atoms with van der Waals surface area (Å²) in [6.07, 6.45) is 3.62. The molecule has 1 saturated carbocycles. The topological polar surface area (TPSA) is 73.6 Å². The molecule has 1 aromatic carbocycles. The summed E-state index contributed by atoms with van der Waals surface area (Å²) in [5.41, 5.74) is 6.74. The maximum absolute atomic E-state index is 12.4. The predicted octanol–water partition coefficient (Wildman–Crippen LogP) is 2.19. The smallest absolute Gasteiger partial charge is 0.249 e. The van der Waals surface area contributed by atoms with E-state index in [0.717, 1.165) is 37.0 Å². The molecule has 0 aromatic heterocycles. The summed E-state index contributed by atoms with van der Waals surface area (Å²) in [7, 11) is 1.65. The average molecular weight is 341 g/mol. The first-order valence-corrected chi connectivity index (χ1v) is 8.01. The number of nitrogens with one attached hydrogen (secondary N) is 1. The number of hydrogen-bond acceptors (Lipinski definition) is 4. The zero-order valence-corrected chi connectivity index (χ0v) is 14.2. The Bertz CT molecular complexity index is 519. The van der Waals surface area contributed by atoms with Crippen LogP contribution in [0.15, 0.2) is 24.3 Å². The molecule has 1 heterocycles. The number of amides is 1. The van der Waals surface area contributed by atoms with E-state index in [9.17, 15) is 4.79 Å². The van der Waals surface area contributed by atoms with Gasteiger partial charge in [-0.15, -0.1) is 12.4 Å². The van der Waals surface area contributed by atoms with Gasteiger partial charge in [0.25, 0.3) is 0 Å². The SMILES string of the molecule is COc1ccc(C(NC(=O)[C@@H]2CC[C@H](CN)O2)C2CC2)cc1.Cl. The van der Waals surface area contributed by atoms with Gasteiger partial charge in [-0.3, -0.25) is 4.79 Å². The highest BCUT2D eigenvalue weighted by Crippen LogP contribution is 2.41. The molecule has 0 radical (unpaired) electrons. The van der Waals surface area contributed by atoms with Crippen LogP contribution in [0, 0.1) is 5.92 Å². The van der Waals surface area contributed by atoms with Crippen molar-refractivity contribution >= 4 is 18.3 Å². The Balaban J connectivity index is 0.00000192. The molecule has 3 rings (SSSR count). The van der Waals surface area contributed by atoms with Crippen molar-refractivity contribution in [2.24, 2.45) is 11.7 Å². The Morgan fingerprint density at radius 3 is 2.52 bits per heavy atom. The highest BCUT2D eigenvalue weighted by Gasteiger charge is 2.36. The Morgan fingerprint density at radius 1 is 1.30 bits per heavy atom. The van der Waals surface area contributed by atoms with E-state index >= 15 is 0 Å². The molecule has 6 heteroatoms. The van der Waals surface area contributed by atoms with Crippen molar-refractivity contribution in [3.05, 3.63) is 29.8 Å². The fraction of sp³-hybridized carbons (Fsp3) is 0.588. The number of ether oxygens (including phenoxy) is 2. The van der Waals surface area contributed by atoms with Gasteiger partial charge in [-0.25, -0.2) is 0 Å². The number of rotatable bonds is 6. The molecule has 0 spiro atoms. The number of methoxy groups -OCH3 is 1. The van der Waals surface area contributed by atoms with Crippen molar-refractivity contribution in [1.29, 1.82) is 0 Å². The molecule has 1 aliphatic carbocycles. The van der Waals surface area contributed by atoms with Gasteiger partial charge in [-0.05, 0) is 49.3 Å². The minimum Gasteiger partial charge on any atom is -0.497 e. The first-order valence-electron chi connectivity index (χ1n) is 8.01. The fourth-order valence-electron chi connectivity index (χ4n) is 3.03. The fourth-order valence-corrected chi connectivity index (χ4v) is 3.03. The molecule has 1 saturated heterocycles. The minimum absolute atomic E-state index is 0. The van der Waals surface area contributed by atoms with Crippen LogP contribution < -0.4 is 15.8 Å². The molecule has 128 valence electrons. The van der Waals surface area contributed by atoms with E-state index in [4.69, 9.17) is 15.2 Å². The number of hydrogen-bond donors (Lipinski definition) is 2. The van der Waals surface area contributed by atoms with Gasteiger partial charge < -0.3 is 20.5 Å². The van der Waals surface area contributed by atoms with Crippen LogP contribution in [0.5, 0.6) is 5.75 Å². The monoisotopic (exact) mass is 340 g/mol. The molecule has 2 fully saturated rings. The molecule has 2 aliphatic rings. The van der Waals surface area contributed by atoms with Gasteiger partial charge in [-0.2, -0.15) is 0 Å². The van der Waals surface area contributed by atoms with Crippen molar-refractivity contribution in [3.63, 3.8) is 0 Å². The van der Waals surface area contributed by atoms with Gasteiger partial charge in [0, 0.05) is 6.54 Å². The molecule has 0 bridgehead atoms. The lowest BCUT2D eigenvalue weighted by molar-refractivity contribution is -0.132. The highest BCUT2D eigenvalue weighted by atomic mass is 35.5. The van der Waals surface area contributed by atoms with Crippen LogP contribution in [0.25, 0.3) is 0 Å². The van der Waals surface area contributed by atoms with Crippen LogP contribution >= 0.6 is 12.4 Å². The Morgan fingerprint density at radius 2 is 2.00 bits per heavy atom. The highest BCUT2D eigenvalue weighted by molar-refractivity contribution is 5.85. The molecular formula is C17H25ClN2O3. The maximum atomic E-state index is 12.4. The summed E-state index contributed by atoms with van der Waals surface area (Å²) in [6.45, 7) is 0.480. The third-order valence-electron chi connectivity index (χ3n) is 4.53. The molecule has 23 heavy (non-hydrogen) atoms. The van der Waals surface area contributed by atoms with Crippen molar-refractivity contribution in [2.45, 2.75) is 43.9 Å². The van der Waals surface area contributed by atoms with Gasteiger partial charge in [0.1, 0.15) is 11.9 Å². The van der Waals surface area contributed by atoms with Gasteiger partial charge in [0.15, 0.2) is 0 Å². The first-order chi connectivity index (χ1) is 10.7. The van der Waals surface area contributed by atoms with E-state index in [1.807, 2.05) is 24.3 Å². The molecule has 3 N–H and O–H groups in total. The number of halogens is 1. The van der Waals surface area contributed by atoms with Crippen LogP contribution in [-0.2, 0) is 9.53 Å². The van der Waals surface area contributed by atoms with E-state index in [1.165, 1.54) is 0 Å². The van der Waals surface area contributed by atoms with Crippen LogP contribution in [-0.4, -0.2) is 31.8 Å². The molecule has 1 amide bonds. The van der Waals surface area contributed by atoms with Gasteiger partial charge in [0.05, 0.1) is 19.3 Å². The summed E-state index contributed by atoms with van der Waals surface area (Å²) in [4.78, 5) is 12.4. The third kappa shape index (κ3) is 4.37. The van der Waals surface area contributed by atoms with E-state index < -0.39 is 0 Å². The van der Waals surface area contributed by atoms with Gasteiger partial charge >= 0.3 is 0 Å². The summed E-state index contributed by atoms with van der Waals surface area (Å²) >= 11 is 0.